The van der Waals surface area contributed by atoms with Crippen molar-refractivity contribution >= 4 is 11.8 Å². The van der Waals surface area contributed by atoms with E-state index in [0.717, 1.165) is 25.0 Å². The van der Waals surface area contributed by atoms with Gasteiger partial charge in [0.15, 0.2) is 0 Å². The number of nitrogens with two attached hydrogens (primary N) is 1. The zero-order valence-corrected chi connectivity index (χ0v) is 14.2. The van der Waals surface area contributed by atoms with E-state index in [-0.39, 0.29) is 17.6 Å². The number of aromatic amines is 1. The van der Waals surface area contributed by atoms with Crippen LogP contribution in [0.15, 0.2) is 30.3 Å². The quantitative estimate of drug-likeness (QED) is 0.870. The van der Waals surface area contributed by atoms with E-state index < -0.39 is 5.91 Å². The fourth-order valence-electron chi connectivity index (χ4n) is 3.21. The van der Waals surface area contributed by atoms with Crippen LogP contribution in [0.25, 0.3) is 0 Å². The van der Waals surface area contributed by atoms with Crippen LogP contribution in [0.2, 0.25) is 0 Å². The Morgan fingerprint density at radius 2 is 2.16 bits per heavy atom. The number of carbonyl (C=O) groups is 2. The van der Waals surface area contributed by atoms with E-state index in [9.17, 15) is 9.59 Å². The van der Waals surface area contributed by atoms with Gasteiger partial charge >= 0.3 is 0 Å². The molecule has 2 heterocycles. The molecule has 1 fully saturated rings. The summed E-state index contributed by atoms with van der Waals surface area (Å²) in [7, 11) is 0. The highest BCUT2D eigenvalue weighted by Crippen LogP contribution is 2.33. The van der Waals surface area contributed by atoms with Crippen LogP contribution in [0, 0.1) is 0 Å². The lowest BCUT2D eigenvalue weighted by Gasteiger charge is -2.35. The second-order valence-corrected chi connectivity index (χ2v) is 6.01. The number of piperidine rings is 1. The fourth-order valence-corrected chi connectivity index (χ4v) is 3.21. The monoisotopic (exact) mass is 342 g/mol. The molecule has 1 aliphatic heterocycles. The number of likely N-dealkylation sites (tertiary alicyclic amines) is 1. The average molecular weight is 342 g/mol. The first-order valence-corrected chi connectivity index (χ1v) is 8.49. The number of rotatable bonds is 5. The highest BCUT2D eigenvalue weighted by molar-refractivity contribution is 5.97. The topological polar surface area (TPSA) is 101 Å². The molecule has 132 valence electrons. The van der Waals surface area contributed by atoms with Crippen molar-refractivity contribution in [1.82, 2.24) is 15.1 Å². The van der Waals surface area contributed by atoms with Gasteiger partial charge in [0.2, 0.25) is 0 Å². The lowest BCUT2D eigenvalue weighted by Crippen LogP contribution is -2.38. The number of aromatic nitrogens is 2. The van der Waals surface area contributed by atoms with E-state index in [2.05, 4.69) is 10.2 Å². The molecule has 0 bridgehead atoms. The Morgan fingerprint density at radius 3 is 2.88 bits per heavy atom. The van der Waals surface area contributed by atoms with E-state index in [0.29, 0.717) is 24.5 Å². The summed E-state index contributed by atoms with van der Waals surface area (Å²) in [6.07, 6.45) is 2.76. The van der Waals surface area contributed by atoms with E-state index in [1.807, 2.05) is 24.0 Å². The lowest BCUT2D eigenvalue weighted by atomic mass is 9.97. The van der Waals surface area contributed by atoms with Gasteiger partial charge in [-0.05, 0) is 44.4 Å². The van der Waals surface area contributed by atoms with Gasteiger partial charge in [0.25, 0.3) is 11.8 Å². The van der Waals surface area contributed by atoms with Gasteiger partial charge in [-0.3, -0.25) is 14.7 Å². The third-order valence-corrected chi connectivity index (χ3v) is 4.39. The molecule has 1 aliphatic rings. The first-order chi connectivity index (χ1) is 12.1. The Morgan fingerprint density at radius 1 is 1.36 bits per heavy atom. The largest absolute Gasteiger partial charge is 0.493 e. The minimum absolute atomic E-state index is 0.0797. The number of hydrogen-bond acceptors (Lipinski definition) is 4. The number of primary amides is 1. The summed E-state index contributed by atoms with van der Waals surface area (Å²) in [6.45, 7) is 3.03. The minimum atomic E-state index is -0.585. The van der Waals surface area contributed by atoms with Crippen LogP contribution >= 0.6 is 0 Å². The fraction of sp³-hybridized carbons (Fsp3) is 0.389. The lowest BCUT2D eigenvalue weighted by molar-refractivity contribution is 0.0602. The minimum Gasteiger partial charge on any atom is -0.493 e. The average Bonchev–Trinajstić information content (AvgIpc) is 3.12. The summed E-state index contributed by atoms with van der Waals surface area (Å²) < 4.78 is 5.60. The number of nitrogens with zero attached hydrogens (tertiary/aromatic N) is 2. The maximum atomic E-state index is 13.1. The van der Waals surface area contributed by atoms with Gasteiger partial charge in [-0.2, -0.15) is 5.10 Å². The normalized spacial score (nSPS) is 17.3. The summed E-state index contributed by atoms with van der Waals surface area (Å²) in [4.78, 5) is 26.3. The highest BCUT2D eigenvalue weighted by atomic mass is 16.5. The van der Waals surface area contributed by atoms with Crippen LogP contribution in [0.3, 0.4) is 0 Å². The van der Waals surface area contributed by atoms with Gasteiger partial charge in [-0.1, -0.05) is 12.1 Å². The van der Waals surface area contributed by atoms with Gasteiger partial charge in [-0.25, -0.2) is 0 Å². The molecule has 0 aliphatic carbocycles. The SMILES string of the molecule is CCOc1ccccc1C(=O)N1CCCCC1c1cc(C(N)=O)n[nH]1. The Bertz CT molecular complexity index is 771. The first kappa shape index (κ1) is 17.0. The van der Waals surface area contributed by atoms with E-state index in [4.69, 9.17) is 10.5 Å². The maximum Gasteiger partial charge on any atom is 0.269 e. The Hall–Kier alpha value is -2.83. The molecule has 7 heteroatoms. The van der Waals surface area contributed by atoms with Crippen molar-refractivity contribution in [1.29, 1.82) is 0 Å². The van der Waals surface area contributed by atoms with Crippen LogP contribution in [-0.2, 0) is 0 Å². The van der Waals surface area contributed by atoms with E-state index >= 15 is 0 Å². The van der Waals surface area contributed by atoms with Gasteiger partial charge in [0.05, 0.1) is 23.9 Å². The molecule has 0 saturated carbocycles. The molecule has 0 radical (unpaired) electrons. The molecule has 3 rings (SSSR count). The van der Waals surface area contributed by atoms with Crippen LogP contribution in [-0.4, -0.2) is 40.1 Å². The number of ether oxygens (including phenoxy) is 1. The summed E-state index contributed by atoms with van der Waals surface area (Å²) in [5.41, 5.74) is 6.74. The number of carbonyl (C=O) groups excluding carboxylic acids is 2. The Balaban J connectivity index is 1.90. The standard InChI is InChI=1S/C18H22N4O3/c1-2-25-16-9-4-3-7-12(16)18(24)22-10-6-5-8-15(22)13-11-14(17(19)23)21-20-13/h3-4,7,9,11,15H,2,5-6,8,10H2,1H3,(H2,19,23)(H,20,21). The zero-order chi connectivity index (χ0) is 17.8. The van der Waals surface area contributed by atoms with Crippen LogP contribution in [0.1, 0.15) is 58.8 Å². The molecule has 1 aromatic carbocycles. The third-order valence-electron chi connectivity index (χ3n) is 4.39. The van der Waals surface area contributed by atoms with Crippen molar-refractivity contribution in [2.45, 2.75) is 32.2 Å². The predicted octanol–water partition coefficient (Wildman–Crippen LogP) is 2.27. The van der Waals surface area contributed by atoms with Crippen LogP contribution in [0.5, 0.6) is 5.75 Å². The Kier molecular flexibility index (Phi) is 5.02. The van der Waals surface area contributed by atoms with Gasteiger partial charge in [0, 0.05) is 6.54 Å². The molecule has 3 N–H and O–H groups in total. The molecular weight excluding hydrogens is 320 g/mol. The Labute approximate surface area is 146 Å². The number of benzene rings is 1. The molecule has 1 atom stereocenters. The molecule has 7 nitrogen and oxygen atoms in total. The van der Waals surface area contributed by atoms with Crippen molar-refractivity contribution in [3.8, 4) is 5.75 Å². The predicted molar refractivity (Wildman–Crippen MR) is 92.3 cm³/mol. The molecule has 2 amide bonds. The number of para-hydroxylation sites is 1. The van der Waals surface area contributed by atoms with E-state index in [1.165, 1.54) is 0 Å². The molecule has 1 unspecified atom stereocenters. The van der Waals surface area contributed by atoms with Gasteiger partial charge in [-0.15, -0.1) is 0 Å². The summed E-state index contributed by atoms with van der Waals surface area (Å²) in [6, 6.07) is 8.74. The molecular formula is C18H22N4O3. The molecule has 25 heavy (non-hydrogen) atoms. The van der Waals surface area contributed by atoms with Crippen LogP contribution < -0.4 is 10.5 Å². The number of amides is 2. The second-order valence-electron chi connectivity index (χ2n) is 6.01. The smallest absolute Gasteiger partial charge is 0.269 e. The maximum absolute atomic E-state index is 13.1. The van der Waals surface area contributed by atoms with Crippen molar-refractivity contribution in [2.75, 3.05) is 13.2 Å². The van der Waals surface area contributed by atoms with E-state index in [1.54, 1.807) is 18.2 Å². The molecule has 0 spiro atoms. The van der Waals surface area contributed by atoms with Crippen molar-refractivity contribution in [3.05, 3.63) is 47.3 Å². The van der Waals surface area contributed by atoms with Crippen LogP contribution in [0.4, 0.5) is 0 Å². The summed E-state index contributed by atoms with van der Waals surface area (Å²) >= 11 is 0. The number of H-pyrrole nitrogens is 1. The van der Waals surface area contributed by atoms with Crippen molar-refractivity contribution < 1.29 is 14.3 Å². The van der Waals surface area contributed by atoms with Gasteiger partial charge < -0.3 is 15.4 Å². The second kappa shape index (κ2) is 7.38. The number of hydrogen-bond donors (Lipinski definition) is 2. The number of nitrogens with one attached hydrogen (secondary N) is 1. The third kappa shape index (κ3) is 3.50. The summed E-state index contributed by atoms with van der Waals surface area (Å²) in [5, 5.41) is 6.80. The highest BCUT2D eigenvalue weighted by Gasteiger charge is 2.31. The van der Waals surface area contributed by atoms with Crippen molar-refractivity contribution in [3.63, 3.8) is 0 Å². The molecule has 2 aromatic rings. The summed E-state index contributed by atoms with van der Waals surface area (Å²) in [5.74, 6) is -0.0800. The first-order valence-electron chi connectivity index (χ1n) is 8.49. The van der Waals surface area contributed by atoms with Gasteiger partial charge in [0.1, 0.15) is 11.4 Å². The molecule has 1 saturated heterocycles. The zero-order valence-electron chi connectivity index (χ0n) is 14.2. The van der Waals surface area contributed by atoms with Crippen molar-refractivity contribution in [2.24, 2.45) is 5.73 Å². The molecule has 1 aromatic heterocycles.